The van der Waals surface area contributed by atoms with Crippen LogP contribution in [0.5, 0.6) is 0 Å². The van der Waals surface area contributed by atoms with E-state index in [1.807, 2.05) is 0 Å². The Morgan fingerprint density at radius 1 is 1.53 bits per heavy atom. The molecule has 1 heterocycles. The molecule has 6 heteroatoms. The third-order valence-corrected chi connectivity index (χ3v) is 4.74. The van der Waals surface area contributed by atoms with E-state index in [-0.39, 0.29) is 18.6 Å². The highest BCUT2D eigenvalue weighted by molar-refractivity contribution is 7.91. The first-order valence-electron chi connectivity index (χ1n) is 4.96. The minimum absolute atomic E-state index is 0.0470. The van der Waals surface area contributed by atoms with E-state index in [2.05, 4.69) is 0 Å². The lowest BCUT2D eigenvalue weighted by atomic mass is 9.83. The molecule has 0 aromatic carbocycles. The van der Waals surface area contributed by atoms with E-state index in [1.54, 1.807) is 6.92 Å². The van der Waals surface area contributed by atoms with E-state index in [1.165, 1.54) is 0 Å². The second-order valence-electron chi connectivity index (χ2n) is 4.10. The van der Waals surface area contributed by atoms with Gasteiger partial charge in [-0.2, -0.15) is 0 Å². The summed E-state index contributed by atoms with van der Waals surface area (Å²) in [7, 11) is -3.29. The van der Waals surface area contributed by atoms with Crippen LogP contribution in [0.1, 0.15) is 26.2 Å². The highest BCUT2D eigenvalue weighted by Crippen LogP contribution is 2.32. The van der Waals surface area contributed by atoms with Crippen LogP contribution in [-0.4, -0.2) is 41.7 Å². The number of aliphatic carboxylic acids is 1. The third-order valence-electron chi connectivity index (χ3n) is 2.89. The minimum Gasteiger partial charge on any atom is -0.481 e. The fourth-order valence-electron chi connectivity index (χ4n) is 2.18. The van der Waals surface area contributed by atoms with Gasteiger partial charge < -0.3 is 10.2 Å². The van der Waals surface area contributed by atoms with Gasteiger partial charge in [-0.25, -0.2) is 8.42 Å². The van der Waals surface area contributed by atoms with E-state index >= 15 is 0 Å². The van der Waals surface area contributed by atoms with Gasteiger partial charge in [-0.15, -0.1) is 0 Å². The highest BCUT2D eigenvalue weighted by atomic mass is 32.2. The molecule has 1 aliphatic rings. The molecule has 1 saturated heterocycles. The lowest BCUT2D eigenvalue weighted by Gasteiger charge is -2.36. The van der Waals surface area contributed by atoms with E-state index in [9.17, 15) is 18.3 Å². The zero-order valence-electron chi connectivity index (χ0n) is 8.64. The van der Waals surface area contributed by atoms with Crippen LogP contribution in [-0.2, 0) is 14.6 Å². The molecule has 0 bridgehead atoms. The summed E-state index contributed by atoms with van der Waals surface area (Å²) in [6.07, 6.45) is 0.820. The number of carboxylic acid groups (broad SMARTS) is 1. The summed E-state index contributed by atoms with van der Waals surface area (Å²) < 4.78 is 22.7. The molecule has 2 atom stereocenters. The lowest BCUT2D eigenvalue weighted by Crippen LogP contribution is -2.50. The van der Waals surface area contributed by atoms with Gasteiger partial charge in [0, 0.05) is 0 Å². The molecule has 0 spiro atoms. The smallest absolute Gasteiger partial charge is 0.309 e. The summed E-state index contributed by atoms with van der Waals surface area (Å²) >= 11 is 0. The average molecular weight is 236 g/mol. The molecule has 1 rings (SSSR count). The summed E-state index contributed by atoms with van der Waals surface area (Å²) in [6, 6.07) is 0. The maximum Gasteiger partial charge on any atom is 0.309 e. The Morgan fingerprint density at radius 3 is 2.53 bits per heavy atom. The van der Waals surface area contributed by atoms with Crippen LogP contribution in [0.15, 0.2) is 0 Å². The minimum atomic E-state index is -3.29. The summed E-state index contributed by atoms with van der Waals surface area (Å²) in [4.78, 5) is 10.9. The molecule has 2 N–H and O–H groups in total. The standard InChI is InChI=1S/C9H16O5S/c1-2-7(8(10)11)9(12)4-3-5-15(13,14)6-9/h7,12H,2-6H2,1H3,(H,10,11). The highest BCUT2D eigenvalue weighted by Gasteiger charge is 2.45. The fraction of sp³-hybridized carbons (Fsp3) is 0.889. The fourth-order valence-corrected chi connectivity index (χ4v) is 4.02. The van der Waals surface area contributed by atoms with Crippen molar-refractivity contribution in [2.75, 3.05) is 11.5 Å². The zero-order valence-corrected chi connectivity index (χ0v) is 9.46. The number of hydrogen-bond acceptors (Lipinski definition) is 4. The van der Waals surface area contributed by atoms with Crippen molar-refractivity contribution in [1.82, 2.24) is 0 Å². The molecule has 5 nitrogen and oxygen atoms in total. The molecule has 88 valence electrons. The molecule has 0 aromatic heterocycles. The SMILES string of the molecule is CCC(C(=O)O)C1(O)CCCS(=O)(=O)C1. The van der Waals surface area contributed by atoms with Gasteiger partial charge in [0.1, 0.15) is 0 Å². The van der Waals surface area contributed by atoms with E-state index in [4.69, 9.17) is 5.11 Å². The Labute approximate surface area is 89.0 Å². The Kier molecular flexibility index (Phi) is 3.40. The Hall–Kier alpha value is -0.620. The lowest BCUT2D eigenvalue weighted by molar-refractivity contribution is -0.151. The van der Waals surface area contributed by atoms with E-state index in [0.717, 1.165) is 0 Å². The summed E-state index contributed by atoms with van der Waals surface area (Å²) in [6.45, 7) is 1.64. The summed E-state index contributed by atoms with van der Waals surface area (Å²) in [5.74, 6) is -2.50. The van der Waals surface area contributed by atoms with Crippen molar-refractivity contribution in [1.29, 1.82) is 0 Å². The Bertz CT molecular complexity index is 348. The number of carbonyl (C=O) groups is 1. The summed E-state index contributed by atoms with van der Waals surface area (Å²) in [5.41, 5.74) is -1.59. The Morgan fingerprint density at radius 2 is 2.13 bits per heavy atom. The molecule has 0 aliphatic carbocycles. The predicted molar refractivity (Wildman–Crippen MR) is 54.3 cm³/mol. The number of rotatable bonds is 3. The maximum atomic E-state index is 11.4. The van der Waals surface area contributed by atoms with Crippen molar-refractivity contribution in [2.24, 2.45) is 5.92 Å². The first kappa shape index (κ1) is 12.4. The molecule has 1 fully saturated rings. The first-order chi connectivity index (χ1) is 6.81. The Balaban J connectivity index is 2.94. The molecule has 1 aliphatic heterocycles. The normalized spacial score (nSPS) is 32.1. The van der Waals surface area contributed by atoms with Crippen molar-refractivity contribution >= 4 is 15.8 Å². The molecule has 2 unspecified atom stereocenters. The molecular formula is C9H16O5S. The predicted octanol–water partition coefficient (Wildman–Crippen LogP) is 0.0369. The first-order valence-corrected chi connectivity index (χ1v) is 6.78. The van der Waals surface area contributed by atoms with Crippen molar-refractivity contribution in [3.63, 3.8) is 0 Å². The van der Waals surface area contributed by atoms with Crippen LogP contribution in [0.4, 0.5) is 0 Å². The summed E-state index contributed by atoms with van der Waals surface area (Å²) in [5, 5.41) is 19.0. The van der Waals surface area contributed by atoms with Gasteiger partial charge in [0.2, 0.25) is 0 Å². The van der Waals surface area contributed by atoms with Gasteiger partial charge in [0.25, 0.3) is 0 Å². The average Bonchev–Trinajstić information content (AvgIpc) is 2.00. The number of sulfone groups is 1. The van der Waals surface area contributed by atoms with Gasteiger partial charge in [-0.05, 0) is 19.3 Å². The van der Waals surface area contributed by atoms with E-state index < -0.39 is 33.1 Å². The van der Waals surface area contributed by atoms with Crippen LogP contribution in [0.25, 0.3) is 0 Å². The molecule has 0 amide bonds. The quantitative estimate of drug-likeness (QED) is 0.721. The number of aliphatic hydroxyl groups is 1. The van der Waals surface area contributed by atoms with E-state index in [0.29, 0.717) is 6.42 Å². The third kappa shape index (κ3) is 2.69. The number of carboxylic acids is 1. The largest absolute Gasteiger partial charge is 0.481 e. The van der Waals surface area contributed by atoms with Crippen LogP contribution in [0.3, 0.4) is 0 Å². The van der Waals surface area contributed by atoms with Gasteiger partial charge in [-0.1, -0.05) is 6.92 Å². The van der Waals surface area contributed by atoms with Crippen LogP contribution in [0, 0.1) is 5.92 Å². The second-order valence-corrected chi connectivity index (χ2v) is 6.28. The molecule has 0 saturated carbocycles. The molecule has 0 aromatic rings. The van der Waals surface area contributed by atoms with Crippen molar-refractivity contribution < 1.29 is 23.4 Å². The van der Waals surface area contributed by atoms with Gasteiger partial charge in [0.05, 0.1) is 23.0 Å². The van der Waals surface area contributed by atoms with Crippen molar-refractivity contribution in [3.8, 4) is 0 Å². The molecular weight excluding hydrogens is 220 g/mol. The number of hydrogen-bond donors (Lipinski definition) is 2. The monoisotopic (exact) mass is 236 g/mol. The van der Waals surface area contributed by atoms with Crippen LogP contribution in [0.2, 0.25) is 0 Å². The molecule has 0 radical (unpaired) electrons. The van der Waals surface area contributed by atoms with Gasteiger partial charge >= 0.3 is 5.97 Å². The van der Waals surface area contributed by atoms with Gasteiger partial charge in [-0.3, -0.25) is 4.79 Å². The van der Waals surface area contributed by atoms with Crippen LogP contribution >= 0.6 is 0 Å². The maximum absolute atomic E-state index is 11.4. The second kappa shape index (κ2) is 4.09. The topological polar surface area (TPSA) is 91.7 Å². The van der Waals surface area contributed by atoms with Crippen molar-refractivity contribution in [3.05, 3.63) is 0 Å². The molecule has 15 heavy (non-hydrogen) atoms. The van der Waals surface area contributed by atoms with Gasteiger partial charge in [0.15, 0.2) is 9.84 Å². The zero-order chi connectivity index (χ0) is 11.7. The van der Waals surface area contributed by atoms with Crippen molar-refractivity contribution in [2.45, 2.75) is 31.8 Å². The van der Waals surface area contributed by atoms with Crippen LogP contribution < -0.4 is 0 Å².